The van der Waals surface area contributed by atoms with Crippen molar-refractivity contribution in [3.05, 3.63) is 23.2 Å². The zero-order chi connectivity index (χ0) is 14.7. The number of rotatable bonds is 5. The minimum absolute atomic E-state index is 0.164. The van der Waals surface area contributed by atoms with Crippen LogP contribution >= 0.6 is 11.3 Å². The van der Waals surface area contributed by atoms with Gasteiger partial charge in [0.15, 0.2) is 11.5 Å². The van der Waals surface area contributed by atoms with Gasteiger partial charge in [0.05, 0.1) is 33.1 Å². The van der Waals surface area contributed by atoms with Gasteiger partial charge in [0.2, 0.25) is 5.75 Å². The third kappa shape index (κ3) is 2.39. The topological polar surface area (TPSA) is 77.9 Å². The molecule has 0 amide bonds. The zero-order valence-corrected chi connectivity index (χ0v) is 12.0. The Balaban J connectivity index is 2.58. The first-order valence-corrected chi connectivity index (χ1v) is 6.42. The highest BCUT2D eigenvalue weighted by molar-refractivity contribution is 7.16. The predicted octanol–water partition coefficient (Wildman–Crippen LogP) is 2.53. The lowest BCUT2D eigenvalue weighted by Gasteiger charge is -2.14. The Morgan fingerprint density at radius 3 is 2.35 bits per heavy atom. The summed E-state index contributed by atoms with van der Waals surface area (Å²) in [5.41, 5.74) is 0.655. The van der Waals surface area contributed by atoms with E-state index in [1.807, 2.05) is 0 Å². The van der Waals surface area contributed by atoms with Crippen molar-refractivity contribution < 1.29 is 24.1 Å². The monoisotopic (exact) mass is 295 g/mol. The van der Waals surface area contributed by atoms with Gasteiger partial charge in [-0.15, -0.1) is 11.3 Å². The molecule has 1 aromatic heterocycles. The zero-order valence-electron chi connectivity index (χ0n) is 11.2. The predicted molar refractivity (Wildman–Crippen MR) is 74.2 cm³/mol. The van der Waals surface area contributed by atoms with E-state index in [1.165, 1.54) is 27.5 Å². The fraction of sp³-hybridized carbons (Fsp3) is 0.231. The molecule has 1 N–H and O–H groups in total. The first-order chi connectivity index (χ1) is 9.62. The Morgan fingerprint density at radius 2 is 1.85 bits per heavy atom. The van der Waals surface area contributed by atoms with Gasteiger partial charge in [-0.3, -0.25) is 0 Å². The maximum Gasteiger partial charge on any atom is 0.347 e. The summed E-state index contributed by atoms with van der Waals surface area (Å²) < 4.78 is 15.8. The third-order valence-electron chi connectivity index (χ3n) is 2.65. The van der Waals surface area contributed by atoms with Gasteiger partial charge in [-0.2, -0.15) is 0 Å². The van der Waals surface area contributed by atoms with Crippen LogP contribution in [0.3, 0.4) is 0 Å². The Hall–Kier alpha value is -2.28. The molecule has 0 aliphatic carbocycles. The molecular weight excluding hydrogens is 282 g/mol. The summed E-state index contributed by atoms with van der Waals surface area (Å²) >= 11 is 1.07. The number of carbonyl (C=O) groups is 1. The number of hydrogen-bond donors (Lipinski definition) is 1. The van der Waals surface area contributed by atoms with Crippen LogP contribution in [0.4, 0.5) is 0 Å². The number of benzene rings is 1. The van der Waals surface area contributed by atoms with Crippen LogP contribution in [0.25, 0.3) is 10.6 Å². The first kappa shape index (κ1) is 14.1. The summed E-state index contributed by atoms with van der Waals surface area (Å²) in [7, 11) is 4.55. The summed E-state index contributed by atoms with van der Waals surface area (Å²) in [5, 5.41) is 9.49. The van der Waals surface area contributed by atoms with E-state index in [2.05, 4.69) is 4.98 Å². The average molecular weight is 295 g/mol. The summed E-state index contributed by atoms with van der Waals surface area (Å²) in [6, 6.07) is 3.48. The van der Waals surface area contributed by atoms with Gasteiger partial charge in [-0.05, 0) is 12.1 Å². The molecule has 106 valence electrons. The van der Waals surface area contributed by atoms with Crippen molar-refractivity contribution in [2.45, 2.75) is 0 Å². The van der Waals surface area contributed by atoms with Crippen LogP contribution in [0.1, 0.15) is 9.67 Å². The van der Waals surface area contributed by atoms with Crippen molar-refractivity contribution in [3.8, 4) is 27.8 Å². The maximum atomic E-state index is 10.9. The molecule has 0 saturated heterocycles. The number of hydrogen-bond acceptors (Lipinski definition) is 6. The quantitative estimate of drug-likeness (QED) is 0.913. The smallest absolute Gasteiger partial charge is 0.347 e. The van der Waals surface area contributed by atoms with E-state index in [1.54, 1.807) is 12.1 Å². The molecule has 2 rings (SSSR count). The standard InChI is InChI=1S/C13H13NO5S/c1-17-8-5-4-7(10(18-2)11(8)19-3)12-14-6-9(20-12)13(15)16/h4-6H,1-3H3,(H,15,16). The van der Waals surface area contributed by atoms with E-state index in [9.17, 15) is 4.79 Å². The van der Waals surface area contributed by atoms with Crippen molar-refractivity contribution in [1.29, 1.82) is 0 Å². The van der Waals surface area contributed by atoms with Crippen LogP contribution < -0.4 is 14.2 Å². The van der Waals surface area contributed by atoms with Gasteiger partial charge < -0.3 is 19.3 Å². The summed E-state index contributed by atoms with van der Waals surface area (Å²) in [6.07, 6.45) is 1.32. The molecule has 0 aliphatic heterocycles. The van der Waals surface area contributed by atoms with Crippen molar-refractivity contribution in [2.75, 3.05) is 21.3 Å². The number of nitrogens with zero attached hydrogens (tertiary/aromatic N) is 1. The van der Waals surface area contributed by atoms with Gasteiger partial charge in [0.25, 0.3) is 0 Å². The van der Waals surface area contributed by atoms with Crippen LogP contribution in [-0.2, 0) is 0 Å². The second-order valence-electron chi connectivity index (χ2n) is 3.72. The Labute approximate surface area is 119 Å². The summed E-state index contributed by atoms with van der Waals surface area (Å²) in [4.78, 5) is 15.2. The molecule has 0 bridgehead atoms. The number of methoxy groups -OCH3 is 3. The molecule has 1 aromatic carbocycles. The van der Waals surface area contributed by atoms with E-state index in [4.69, 9.17) is 19.3 Å². The molecule has 0 fully saturated rings. The van der Waals surface area contributed by atoms with Crippen molar-refractivity contribution in [3.63, 3.8) is 0 Å². The molecule has 6 nitrogen and oxygen atoms in total. The van der Waals surface area contributed by atoms with Gasteiger partial charge in [-0.1, -0.05) is 0 Å². The Morgan fingerprint density at radius 1 is 1.15 bits per heavy atom. The maximum absolute atomic E-state index is 10.9. The molecule has 7 heteroatoms. The molecule has 2 aromatic rings. The van der Waals surface area contributed by atoms with Gasteiger partial charge >= 0.3 is 5.97 Å². The lowest BCUT2D eigenvalue weighted by atomic mass is 10.2. The van der Waals surface area contributed by atoms with Crippen LogP contribution in [0.15, 0.2) is 18.3 Å². The van der Waals surface area contributed by atoms with Crippen molar-refractivity contribution in [2.24, 2.45) is 0 Å². The summed E-state index contributed by atoms with van der Waals surface area (Å²) in [6.45, 7) is 0. The molecule has 1 heterocycles. The lowest BCUT2D eigenvalue weighted by molar-refractivity contribution is 0.0702. The van der Waals surface area contributed by atoms with Crippen molar-refractivity contribution >= 4 is 17.3 Å². The van der Waals surface area contributed by atoms with E-state index >= 15 is 0 Å². The number of aromatic nitrogens is 1. The van der Waals surface area contributed by atoms with Crippen LogP contribution in [0.2, 0.25) is 0 Å². The van der Waals surface area contributed by atoms with E-state index in [0.717, 1.165) is 11.3 Å². The molecular formula is C13H13NO5S. The second-order valence-corrected chi connectivity index (χ2v) is 4.75. The fourth-order valence-electron chi connectivity index (χ4n) is 1.77. The van der Waals surface area contributed by atoms with E-state index in [-0.39, 0.29) is 4.88 Å². The van der Waals surface area contributed by atoms with E-state index < -0.39 is 5.97 Å². The van der Waals surface area contributed by atoms with Crippen molar-refractivity contribution in [1.82, 2.24) is 4.98 Å². The molecule has 0 spiro atoms. The minimum Gasteiger partial charge on any atom is -0.493 e. The average Bonchev–Trinajstić information content (AvgIpc) is 2.95. The lowest BCUT2D eigenvalue weighted by Crippen LogP contribution is -1.96. The molecule has 0 radical (unpaired) electrons. The molecule has 20 heavy (non-hydrogen) atoms. The Kier molecular flexibility index (Phi) is 4.09. The number of ether oxygens (including phenoxy) is 3. The fourth-order valence-corrected chi connectivity index (χ4v) is 2.54. The number of carboxylic acid groups (broad SMARTS) is 1. The van der Waals surface area contributed by atoms with E-state index in [0.29, 0.717) is 27.8 Å². The second kappa shape index (κ2) is 5.79. The molecule has 0 aliphatic rings. The molecule has 0 unspecified atom stereocenters. The van der Waals surface area contributed by atoms with Crippen LogP contribution in [-0.4, -0.2) is 37.4 Å². The van der Waals surface area contributed by atoms with Gasteiger partial charge in [0, 0.05) is 0 Å². The largest absolute Gasteiger partial charge is 0.493 e. The number of aromatic carboxylic acids is 1. The molecule has 0 atom stereocenters. The van der Waals surface area contributed by atoms with Gasteiger partial charge in [0.1, 0.15) is 9.88 Å². The normalized spacial score (nSPS) is 10.2. The highest BCUT2D eigenvalue weighted by Crippen LogP contribution is 2.44. The summed E-state index contributed by atoms with van der Waals surface area (Å²) in [5.74, 6) is 0.425. The SMILES string of the molecule is COc1ccc(-c2ncc(C(=O)O)s2)c(OC)c1OC. The van der Waals surface area contributed by atoms with Gasteiger partial charge in [-0.25, -0.2) is 9.78 Å². The minimum atomic E-state index is -1.01. The van der Waals surface area contributed by atoms with Crippen LogP contribution in [0.5, 0.6) is 17.2 Å². The highest BCUT2D eigenvalue weighted by atomic mass is 32.1. The van der Waals surface area contributed by atoms with Crippen LogP contribution in [0, 0.1) is 0 Å². The number of thiazole rings is 1. The number of carboxylic acids is 1. The third-order valence-corrected chi connectivity index (χ3v) is 3.67. The Bertz CT molecular complexity index is 638. The highest BCUT2D eigenvalue weighted by Gasteiger charge is 2.20. The first-order valence-electron chi connectivity index (χ1n) is 5.60. The molecule has 0 saturated carbocycles.